The van der Waals surface area contributed by atoms with Crippen molar-refractivity contribution in [2.24, 2.45) is 23.7 Å². The van der Waals surface area contributed by atoms with Crippen molar-refractivity contribution < 1.29 is 0 Å². The standard InChI is InChI=1S/C54H40/c1-4-14-40-34(11-1)21-24-48-43-23-22-36(31-50(43)54(53(40)48)37-26-32-25-33(28-37)29-38(54)27-32)51-44-17-7-9-19-46(44)52(47-20-10-8-18-45(47)51)49-30-35-12-2-3-13-39(35)41-15-5-6-16-42(41)49/h1-24,30-33,37-38H,25-29H2. The van der Waals surface area contributed by atoms with Crippen LogP contribution < -0.4 is 0 Å². The van der Waals surface area contributed by atoms with E-state index < -0.39 is 0 Å². The van der Waals surface area contributed by atoms with Crippen molar-refractivity contribution in [1.82, 2.24) is 0 Å². The lowest BCUT2D eigenvalue weighted by Gasteiger charge is -2.61. The fraction of sp³-hybridized carbons (Fsp3) is 0.185. The summed E-state index contributed by atoms with van der Waals surface area (Å²) >= 11 is 0. The minimum atomic E-state index is 0.0878. The highest BCUT2D eigenvalue weighted by atomic mass is 14.6. The molecule has 9 aromatic carbocycles. The molecule has 14 rings (SSSR count). The van der Waals surface area contributed by atoms with Crippen LogP contribution in [-0.2, 0) is 5.41 Å². The van der Waals surface area contributed by atoms with Crippen LogP contribution in [0.3, 0.4) is 0 Å². The molecule has 0 aliphatic heterocycles. The monoisotopic (exact) mass is 688 g/mol. The van der Waals surface area contributed by atoms with Crippen LogP contribution in [0.1, 0.15) is 43.2 Å². The molecule has 0 unspecified atom stereocenters. The molecule has 0 saturated heterocycles. The minimum Gasteiger partial charge on any atom is -0.0616 e. The number of rotatable bonds is 2. The van der Waals surface area contributed by atoms with E-state index in [1.54, 1.807) is 11.1 Å². The summed E-state index contributed by atoms with van der Waals surface area (Å²) in [5.41, 5.74) is 11.7. The third kappa shape index (κ3) is 3.74. The number of hydrogen-bond acceptors (Lipinski definition) is 0. The Morgan fingerprint density at radius 1 is 0.352 bits per heavy atom. The van der Waals surface area contributed by atoms with Gasteiger partial charge in [-0.3, -0.25) is 0 Å². The van der Waals surface area contributed by atoms with Crippen LogP contribution >= 0.6 is 0 Å². The van der Waals surface area contributed by atoms with Crippen molar-refractivity contribution in [3.8, 4) is 33.4 Å². The maximum atomic E-state index is 2.70. The van der Waals surface area contributed by atoms with Crippen molar-refractivity contribution in [2.45, 2.75) is 37.5 Å². The molecule has 5 aliphatic rings. The smallest absolute Gasteiger partial charge is 0.0278 e. The van der Waals surface area contributed by atoms with Gasteiger partial charge in [-0.15, -0.1) is 0 Å². The van der Waals surface area contributed by atoms with E-state index in [1.807, 2.05) is 0 Å². The molecule has 0 N–H and O–H groups in total. The van der Waals surface area contributed by atoms with Gasteiger partial charge in [0.2, 0.25) is 0 Å². The maximum absolute atomic E-state index is 2.70. The average molecular weight is 689 g/mol. The van der Waals surface area contributed by atoms with Gasteiger partial charge < -0.3 is 0 Å². The average Bonchev–Trinajstić information content (AvgIpc) is 3.52. The fourth-order valence-electron chi connectivity index (χ4n) is 13.1. The molecule has 256 valence electrons. The fourth-order valence-corrected chi connectivity index (χ4v) is 13.1. The van der Waals surface area contributed by atoms with Gasteiger partial charge in [-0.25, -0.2) is 0 Å². The van der Waals surface area contributed by atoms with Gasteiger partial charge in [0.25, 0.3) is 0 Å². The molecule has 9 aromatic rings. The number of hydrogen-bond donors (Lipinski definition) is 0. The SMILES string of the molecule is c1ccc2c3c(ccc2c1)-c1ccc(-c2c4ccccc4c(-c4cc5ccccc5c5ccccc45)c4ccccc24)cc1C31C2CC3CC(C2)CC1C3. The van der Waals surface area contributed by atoms with Gasteiger partial charge in [0.1, 0.15) is 0 Å². The Morgan fingerprint density at radius 2 is 0.870 bits per heavy atom. The van der Waals surface area contributed by atoms with E-state index in [2.05, 4.69) is 158 Å². The molecule has 0 radical (unpaired) electrons. The third-order valence-electron chi connectivity index (χ3n) is 14.8. The van der Waals surface area contributed by atoms with Crippen LogP contribution in [0.15, 0.2) is 158 Å². The van der Waals surface area contributed by atoms with Crippen LogP contribution in [0.5, 0.6) is 0 Å². The Hall–Kier alpha value is -5.72. The van der Waals surface area contributed by atoms with E-state index in [-0.39, 0.29) is 5.41 Å². The lowest BCUT2D eigenvalue weighted by Crippen LogP contribution is -2.55. The molecule has 4 saturated carbocycles. The van der Waals surface area contributed by atoms with E-state index in [0.29, 0.717) is 11.8 Å². The van der Waals surface area contributed by atoms with Gasteiger partial charge in [0, 0.05) is 5.41 Å². The van der Waals surface area contributed by atoms with Gasteiger partial charge in [-0.05, 0) is 166 Å². The molecule has 0 amide bonds. The van der Waals surface area contributed by atoms with E-state index in [4.69, 9.17) is 0 Å². The Labute approximate surface area is 316 Å². The molecular weight excluding hydrogens is 649 g/mol. The normalized spacial score (nSPS) is 23.6. The molecule has 0 atom stereocenters. The van der Waals surface area contributed by atoms with Crippen LogP contribution in [0.2, 0.25) is 0 Å². The van der Waals surface area contributed by atoms with Crippen molar-refractivity contribution in [3.05, 3.63) is 169 Å². The predicted octanol–water partition coefficient (Wildman–Crippen LogP) is 14.5. The van der Waals surface area contributed by atoms with Crippen molar-refractivity contribution in [3.63, 3.8) is 0 Å². The Morgan fingerprint density at radius 3 is 1.54 bits per heavy atom. The van der Waals surface area contributed by atoms with Crippen LogP contribution in [-0.4, -0.2) is 0 Å². The lowest BCUT2D eigenvalue weighted by molar-refractivity contribution is -0.0393. The van der Waals surface area contributed by atoms with Crippen LogP contribution in [0, 0.1) is 23.7 Å². The summed E-state index contributed by atoms with van der Waals surface area (Å²) in [5, 5.41) is 13.4. The summed E-state index contributed by atoms with van der Waals surface area (Å²) in [6.45, 7) is 0. The molecular formula is C54H40. The Kier molecular flexibility index (Phi) is 5.89. The quantitative estimate of drug-likeness (QED) is 0.125. The van der Waals surface area contributed by atoms with Gasteiger partial charge in [-0.1, -0.05) is 146 Å². The zero-order valence-electron chi connectivity index (χ0n) is 30.4. The highest BCUT2D eigenvalue weighted by Crippen LogP contribution is 2.70. The summed E-state index contributed by atoms with van der Waals surface area (Å²) in [7, 11) is 0. The van der Waals surface area contributed by atoms with E-state index in [1.165, 1.54) is 119 Å². The van der Waals surface area contributed by atoms with E-state index in [9.17, 15) is 0 Å². The molecule has 4 fully saturated rings. The number of benzene rings is 9. The second-order valence-electron chi connectivity index (χ2n) is 17.2. The van der Waals surface area contributed by atoms with E-state index in [0.717, 1.165) is 11.8 Å². The van der Waals surface area contributed by atoms with Crippen molar-refractivity contribution in [2.75, 3.05) is 0 Å². The maximum Gasteiger partial charge on any atom is 0.0278 e. The highest BCUT2D eigenvalue weighted by molar-refractivity contribution is 6.25. The summed E-state index contributed by atoms with van der Waals surface area (Å²) in [5.74, 6) is 3.25. The Balaban J connectivity index is 1.11. The van der Waals surface area contributed by atoms with E-state index >= 15 is 0 Å². The second kappa shape index (κ2) is 10.7. The first-order valence-corrected chi connectivity index (χ1v) is 20.3. The lowest BCUT2D eigenvalue weighted by atomic mass is 9.43. The molecule has 0 heterocycles. The largest absolute Gasteiger partial charge is 0.0616 e. The van der Waals surface area contributed by atoms with Gasteiger partial charge in [-0.2, -0.15) is 0 Å². The van der Waals surface area contributed by atoms with Gasteiger partial charge in [0.15, 0.2) is 0 Å². The van der Waals surface area contributed by atoms with Gasteiger partial charge >= 0.3 is 0 Å². The summed E-state index contributed by atoms with van der Waals surface area (Å²) in [4.78, 5) is 0. The minimum absolute atomic E-state index is 0.0878. The first-order valence-electron chi connectivity index (χ1n) is 20.3. The second-order valence-corrected chi connectivity index (χ2v) is 17.2. The predicted molar refractivity (Wildman–Crippen MR) is 228 cm³/mol. The highest BCUT2D eigenvalue weighted by Gasteiger charge is 2.62. The molecule has 1 spiro atoms. The summed E-state index contributed by atoms with van der Waals surface area (Å²) < 4.78 is 0. The first-order chi connectivity index (χ1) is 26.8. The van der Waals surface area contributed by atoms with Crippen molar-refractivity contribution in [1.29, 1.82) is 0 Å². The van der Waals surface area contributed by atoms with Gasteiger partial charge in [0.05, 0.1) is 0 Å². The van der Waals surface area contributed by atoms with Crippen LogP contribution in [0.4, 0.5) is 0 Å². The topological polar surface area (TPSA) is 0 Å². The number of fused-ring (bicyclic) bond motifs is 10. The molecule has 0 aromatic heterocycles. The Bertz CT molecular complexity index is 2980. The summed E-state index contributed by atoms with van der Waals surface area (Å²) in [6, 6.07) is 60.6. The first kappa shape index (κ1) is 29.7. The molecule has 0 nitrogen and oxygen atoms in total. The molecule has 4 bridgehead atoms. The molecule has 5 aliphatic carbocycles. The molecule has 54 heavy (non-hydrogen) atoms. The summed E-state index contributed by atoms with van der Waals surface area (Å²) in [6.07, 6.45) is 7.02. The van der Waals surface area contributed by atoms with Crippen LogP contribution in [0.25, 0.3) is 87.2 Å². The van der Waals surface area contributed by atoms with Crippen molar-refractivity contribution >= 4 is 53.9 Å². The zero-order chi connectivity index (χ0) is 35.1. The zero-order valence-corrected chi connectivity index (χ0v) is 30.4. The molecule has 0 heteroatoms. The third-order valence-corrected chi connectivity index (χ3v) is 14.8.